The van der Waals surface area contributed by atoms with Crippen LogP contribution >= 0.6 is 27.3 Å². The highest BCUT2D eigenvalue weighted by atomic mass is 79.9. The molecular formula is C14H14BrN3O2S. The molecule has 0 aliphatic heterocycles. The highest BCUT2D eigenvalue weighted by Gasteiger charge is 2.25. The summed E-state index contributed by atoms with van der Waals surface area (Å²) in [6.07, 6.45) is 3.69. The number of thiophene rings is 1. The first-order chi connectivity index (χ1) is 10.1. The van der Waals surface area contributed by atoms with Crippen LogP contribution in [-0.4, -0.2) is 28.1 Å². The first-order valence-electron chi connectivity index (χ1n) is 6.76. The van der Waals surface area contributed by atoms with E-state index in [-0.39, 0.29) is 23.6 Å². The number of carbonyl (C=O) groups excluding carboxylic acids is 2. The van der Waals surface area contributed by atoms with Crippen LogP contribution in [0.3, 0.4) is 0 Å². The van der Waals surface area contributed by atoms with E-state index in [2.05, 4.69) is 31.2 Å². The molecule has 3 rings (SSSR count). The van der Waals surface area contributed by atoms with E-state index >= 15 is 0 Å². The second kappa shape index (κ2) is 5.81. The van der Waals surface area contributed by atoms with E-state index in [0.29, 0.717) is 5.82 Å². The van der Waals surface area contributed by atoms with Gasteiger partial charge in [0.25, 0.3) is 0 Å². The van der Waals surface area contributed by atoms with Crippen molar-refractivity contribution in [3.8, 4) is 0 Å². The molecular weight excluding hydrogens is 354 g/mol. The second-order valence-electron chi connectivity index (χ2n) is 5.27. The van der Waals surface area contributed by atoms with Crippen molar-refractivity contribution in [2.24, 2.45) is 5.92 Å². The number of hydrogen-bond donors (Lipinski definition) is 1. The number of hydrogen-bond acceptors (Lipinski definition) is 6. The molecule has 0 unspecified atom stereocenters. The van der Waals surface area contributed by atoms with Crippen molar-refractivity contribution in [3.05, 3.63) is 15.7 Å². The number of aldehydes is 1. The molecule has 1 aliphatic carbocycles. The number of anilines is 1. The Morgan fingerprint density at radius 1 is 1.48 bits per heavy atom. The van der Waals surface area contributed by atoms with Crippen LogP contribution in [0, 0.1) is 5.92 Å². The zero-order chi connectivity index (χ0) is 15.0. The van der Waals surface area contributed by atoms with E-state index < -0.39 is 0 Å². The largest absolute Gasteiger partial charge is 0.367 e. The van der Waals surface area contributed by atoms with Crippen LogP contribution in [0.25, 0.3) is 10.2 Å². The Bertz CT molecular complexity index is 716. The lowest BCUT2D eigenvalue weighted by atomic mass is 10.1. The summed E-state index contributed by atoms with van der Waals surface area (Å²) in [4.78, 5) is 31.9. The van der Waals surface area contributed by atoms with Crippen molar-refractivity contribution >= 4 is 55.4 Å². The normalized spacial score (nSPS) is 21.6. The predicted molar refractivity (Wildman–Crippen MR) is 85.9 cm³/mol. The van der Waals surface area contributed by atoms with Crippen LogP contribution in [0.2, 0.25) is 0 Å². The van der Waals surface area contributed by atoms with Crippen LogP contribution in [0.5, 0.6) is 0 Å². The van der Waals surface area contributed by atoms with Crippen molar-refractivity contribution in [2.45, 2.75) is 32.2 Å². The second-order valence-corrected chi connectivity index (χ2v) is 7.68. The smallest absolute Gasteiger partial charge is 0.199 e. The Balaban J connectivity index is 1.96. The fraction of sp³-hybridized carbons (Fsp3) is 0.429. The molecule has 110 valence electrons. The van der Waals surface area contributed by atoms with Gasteiger partial charge < -0.3 is 10.1 Å². The molecule has 2 aromatic heterocycles. The summed E-state index contributed by atoms with van der Waals surface area (Å²) in [5.41, 5.74) is 0. The molecule has 0 amide bonds. The maximum Gasteiger partial charge on any atom is 0.199 e. The first-order valence-corrected chi connectivity index (χ1v) is 8.37. The third-order valence-electron chi connectivity index (χ3n) is 3.68. The van der Waals surface area contributed by atoms with Gasteiger partial charge in [0.2, 0.25) is 0 Å². The summed E-state index contributed by atoms with van der Waals surface area (Å²) in [7, 11) is 0. The predicted octanol–water partition coefficient (Wildman–Crippen LogP) is 3.44. The summed E-state index contributed by atoms with van der Waals surface area (Å²) >= 11 is 4.92. The van der Waals surface area contributed by atoms with E-state index in [0.717, 1.165) is 39.6 Å². The van der Waals surface area contributed by atoms with Gasteiger partial charge in [-0.25, -0.2) is 9.97 Å². The third kappa shape index (κ3) is 2.98. The molecule has 1 saturated carbocycles. The minimum Gasteiger partial charge on any atom is -0.367 e. The Kier molecular flexibility index (Phi) is 4.03. The van der Waals surface area contributed by atoms with Crippen molar-refractivity contribution in [1.82, 2.24) is 9.97 Å². The number of rotatable bonds is 4. The Hall–Kier alpha value is -1.34. The minimum atomic E-state index is -0.151. The molecule has 1 N–H and O–H groups in total. The fourth-order valence-electron chi connectivity index (χ4n) is 2.62. The van der Waals surface area contributed by atoms with E-state index in [1.54, 1.807) is 0 Å². The van der Waals surface area contributed by atoms with Crippen LogP contribution < -0.4 is 5.32 Å². The molecule has 2 atom stereocenters. The molecule has 5 nitrogen and oxygen atoms in total. The number of nitrogens with one attached hydrogen (secondary N) is 1. The van der Waals surface area contributed by atoms with Gasteiger partial charge >= 0.3 is 0 Å². The van der Waals surface area contributed by atoms with Gasteiger partial charge in [0.05, 0.1) is 9.17 Å². The molecule has 21 heavy (non-hydrogen) atoms. The van der Waals surface area contributed by atoms with Crippen molar-refractivity contribution in [1.29, 1.82) is 0 Å². The maximum atomic E-state index is 11.6. The molecule has 0 spiro atoms. The van der Waals surface area contributed by atoms with Gasteiger partial charge in [-0.2, -0.15) is 0 Å². The van der Waals surface area contributed by atoms with Crippen molar-refractivity contribution in [3.63, 3.8) is 0 Å². The number of carbonyl (C=O) groups is 2. The molecule has 1 fully saturated rings. The monoisotopic (exact) mass is 367 g/mol. The lowest BCUT2D eigenvalue weighted by Gasteiger charge is -2.14. The summed E-state index contributed by atoms with van der Waals surface area (Å²) in [6, 6.07) is 2.18. The van der Waals surface area contributed by atoms with Crippen molar-refractivity contribution < 1.29 is 9.59 Å². The van der Waals surface area contributed by atoms with Gasteiger partial charge in [0.1, 0.15) is 16.9 Å². The van der Waals surface area contributed by atoms with Gasteiger partial charge in [0.15, 0.2) is 11.6 Å². The van der Waals surface area contributed by atoms with Gasteiger partial charge in [-0.15, -0.1) is 11.3 Å². The molecule has 0 bridgehead atoms. The lowest BCUT2D eigenvalue weighted by molar-refractivity contribution is -0.110. The average Bonchev–Trinajstić information content (AvgIpc) is 3.03. The number of Topliss-reactive ketones (excluding diaryl/α,β-unsaturated/α-hetero) is 1. The number of halogens is 1. The van der Waals surface area contributed by atoms with Gasteiger partial charge in [0, 0.05) is 18.9 Å². The minimum absolute atomic E-state index is 0.126. The molecule has 2 heterocycles. The van der Waals surface area contributed by atoms with E-state index in [1.807, 2.05) is 6.07 Å². The van der Waals surface area contributed by atoms with Crippen LogP contribution in [0.1, 0.15) is 36.8 Å². The van der Waals surface area contributed by atoms with E-state index in [1.165, 1.54) is 18.3 Å². The average molecular weight is 368 g/mol. The quantitative estimate of drug-likeness (QED) is 0.661. The number of fused-ring (bicyclic) bond motifs is 1. The summed E-state index contributed by atoms with van der Waals surface area (Å²) in [5, 5.41) is 4.29. The molecule has 0 aromatic carbocycles. The topological polar surface area (TPSA) is 72.0 Å². The molecule has 1 aliphatic rings. The lowest BCUT2D eigenvalue weighted by Crippen LogP contribution is -2.18. The first kappa shape index (κ1) is 14.6. The molecule has 7 heteroatoms. The third-order valence-corrected chi connectivity index (χ3v) is 5.22. The number of ketones is 1. The summed E-state index contributed by atoms with van der Waals surface area (Å²) in [6.45, 7) is 1.46. The Morgan fingerprint density at radius 3 is 2.95 bits per heavy atom. The van der Waals surface area contributed by atoms with Gasteiger partial charge in [-0.3, -0.25) is 4.79 Å². The Morgan fingerprint density at radius 2 is 2.29 bits per heavy atom. The summed E-state index contributed by atoms with van der Waals surface area (Å²) in [5.74, 6) is 0.885. The van der Waals surface area contributed by atoms with E-state index in [9.17, 15) is 9.59 Å². The molecule has 0 radical (unpaired) electrons. The van der Waals surface area contributed by atoms with Crippen LogP contribution in [0.4, 0.5) is 5.82 Å². The molecule has 2 aromatic rings. The zero-order valence-corrected chi connectivity index (χ0v) is 13.8. The fourth-order valence-corrected chi connectivity index (χ4v) is 4.07. The van der Waals surface area contributed by atoms with Crippen molar-refractivity contribution in [2.75, 3.05) is 5.32 Å². The van der Waals surface area contributed by atoms with Gasteiger partial charge in [-0.1, -0.05) is 0 Å². The summed E-state index contributed by atoms with van der Waals surface area (Å²) < 4.78 is 0.952. The SMILES string of the molecule is CC(=O)c1nc(N[C@@H]2CC[C@H](C=O)C2)c2cc(Br)sc2n1. The Labute approximate surface area is 134 Å². The van der Waals surface area contributed by atoms with Crippen LogP contribution in [-0.2, 0) is 4.79 Å². The molecule has 0 saturated heterocycles. The van der Waals surface area contributed by atoms with E-state index in [4.69, 9.17) is 0 Å². The highest BCUT2D eigenvalue weighted by molar-refractivity contribution is 9.11. The standard InChI is InChI=1S/C14H14BrN3O2S/c1-7(20)12-17-13(10-5-11(15)21-14(10)18-12)16-9-3-2-8(4-9)6-19/h5-6,8-9H,2-4H2,1H3,(H,16,17,18)/t8-,9+/m0/s1. The van der Waals surface area contributed by atoms with Gasteiger partial charge in [-0.05, 0) is 41.3 Å². The number of nitrogens with zero attached hydrogens (tertiary/aromatic N) is 2. The highest BCUT2D eigenvalue weighted by Crippen LogP contribution is 2.34. The maximum absolute atomic E-state index is 11.6. The number of aromatic nitrogens is 2. The zero-order valence-electron chi connectivity index (χ0n) is 11.4. The van der Waals surface area contributed by atoms with Crippen LogP contribution in [0.15, 0.2) is 9.85 Å².